The molecule has 2 N–H and O–H groups in total. The molecule has 1 unspecified atom stereocenters. The van der Waals surface area contributed by atoms with Gasteiger partial charge in [0.1, 0.15) is 6.04 Å². The van der Waals surface area contributed by atoms with Gasteiger partial charge in [0, 0.05) is 13.2 Å². The average Bonchev–Trinajstić information content (AvgIpc) is 2.96. The zero-order valence-corrected chi connectivity index (χ0v) is 9.60. The third-order valence-electron chi connectivity index (χ3n) is 2.48. The first kappa shape index (κ1) is 12.9. The second-order valence-electron chi connectivity index (χ2n) is 4.07. The Morgan fingerprint density at radius 1 is 1.56 bits per heavy atom. The Morgan fingerprint density at radius 2 is 2.19 bits per heavy atom. The Balaban J connectivity index is 2.36. The van der Waals surface area contributed by atoms with Gasteiger partial charge in [-0.15, -0.1) is 0 Å². The molecule has 0 bridgehead atoms. The number of hydrogen-bond acceptors (Lipinski definition) is 4. The second-order valence-corrected chi connectivity index (χ2v) is 4.07. The second kappa shape index (κ2) is 5.81. The van der Waals surface area contributed by atoms with Crippen molar-refractivity contribution in [1.82, 2.24) is 10.2 Å². The number of rotatable bonds is 7. The summed E-state index contributed by atoms with van der Waals surface area (Å²) in [4.78, 5) is 23.8. The largest absolute Gasteiger partial charge is 0.480 e. The van der Waals surface area contributed by atoms with Gasteiger partial charge in [-0.25, -0.2) is 0 Å². The lowest BCUT2D eigenvalue weighted by molar-refractivity contribution is -0.145. The predicted octanol–water partition coefficient (Wildman–Crippen LogP) is -0.704. The van der Waals surface area contributed by atoms with E-state index >= 15 is 0 Å². The van der Waals surface area contributed by atoms with Gasteiger partial charge in [-0.1, -0.05) is 0 Å². The number of ether oxygens (including phenoxy) is 1. The topological polar surface area (TPSA) is 78.9 Å². The minimum Gasteiger partial charge on any atom is -0.480 e. The maximum Gasteiger partial charge on any atom is 0.323 e. The van der Waals surface area contributed by atoms with Gasteiger partial charge >= 0.3 is 5.97 Å². The summed E-state index contributed by atoms with van der Waals surface area (Å²) in [6.45, 7) is 0.152. The lowest BCUT2D eigenvalue weighted by atomic mass is 10.3. The Labute approximate surface area is 94.6 Å². The molecule has 0 aromatic rings. The SMILES string of the molecule is COCC(C(=O)O)N(C)CC(=O)NC1CC1. The van der Waals surface area contributed by atoms with Gasteiger partial charge in [0.15, 0.2) is 0 Å². The van der Waals surface area contributed by atoms with E-state index in [4.69, 9.17) is 9.84 Å². The van der Waals surface area contributed by atoms with Crippen LogP contribution >= 0.6 is 0 Å². The normalized spacial score (nSPS) is 17.2. The van der Waals surface area contributed by atoms with Crippen LogP contribution in [0.15, 0.2) is 0 Å². The molecule has 0 radical (unpaired) electrons. The van der Waals surface area contributed by atoms with Crippen LogP contribution < -0.4 is 5.32 Å². The van der Waals surface area contributed by atoms with Gasteiger partial charge in [0.25, 0.3) is 0 Å². The fraction of sp³-hybridized carbons (Fsp3) is 0.800. The highest BCUT2D eigenvalue weighted by Crippen LogP contribution is 2.18. The number of amides is 1. The van der Waals surface area contributed by atoms with E-state index < -0.39 is 12.0 Å². The zero-order chi connectivity index (χ0) is 12.1. The van der Waals surface area contributed by atoms with Crippen LogP contribution in [0.3, 0.4) is 0 Å². The minimum atomic E-state index is -0.983. The number of nitrogens with zero attached hydrogens (tertiary/aromatic N) is 1. The number of carboxylic acid groups (broad SMARTS) is 1. The monoisotopic (exact) mass is 230 g/mol. The van der Waals surface area contributed by atoms with E-state index in [-0.39, 0.29) is 19.1 Å². The Kier molecular flexibility index (Phi) is 4.70. The van der Waals surface area contributed by atoms with Crippen molar-refractivity contribution >= 4 is 11.9 Å². The highest BCUT2D eigenvalue weighted by molar-refractivity contribution is 5.80. The number of hydrogen-bond donors (Lipinski definition) is 2. The molecule has 0 saturated heterocycles. The van der Waals surface area contributed by atoms with E-state index in [1.807, 2.05) is 0 Å². The van der Waals surface area contributed by atoms with E-state index in [1.54, 1.807) is 7.05 Å². The van der Waals surface area contributed by atoms with Crippen molar-refractivity contribution < 1.29 is 19.4 Å². The first-order valence-corrected chi connectivity index (χ1v) is 5.26. The van der Waals surface area contributed by atoms with Gasteiger partial charge in [0.2, 0.25) is 5.91 Å². The van der Waals surface area contributed by atoms with Crippen LogP contribution in [-0.2, 0) is 14.3 Å². The molecular weight excluding hydrogens is 212 g/mol. The first-order chi connectivity index (χ1) is 7.54. The lowest BCUT2D eigenvalue weighted by Crippen LogP contribution is -2.46. The van der Waals surface area contributed by atoms with Crippen molar-refractivity contribution in [3.63, 3.8) is 0 Å². The van der Waals surface area contributed by atoms with Gasteiger partial charge in [-0.05, 0) is 19.9 Å². The smallest absolute Gasteiger partial charge is 0.323 e. The summed E-state index contributed by atoms with van der Waals surface area (Å²) in [6, 6.07) is -0.485. The summed E-state index contributed by atoms with van der Waals surface area (Å²) >= 11 is 0. The van der Waals surface area contributed by atoms with Gasteiger partial charge in [-0.2, -0.15) is 0 Å². The van der Waals surface area contributed by atoms with Crippen molar-refractivity contribution in [2.24, 2.45) is 0 Å². The fourth-order valence-corrected chi connectivity index (χ4v) is 1.38. The maximum atomic E-state index is 11.4. The fourth-order valence-electron chi connectivity index (χ4n) is 1.38. The highest BCUT2D eigenvalue weighted by Gasteiger charge is 2.27. The molecule has 0 aromatic heterocycles. The van der Waals surface area contributed by atoms with Crippen molar-refractivity contribution in [3.05, 3.63) is 0 Å². The molecule has 1 rings (SSSR count). The Hall–Kier alpha value is -1.14. The van der Waals surface area contributed by atoms with E-state index in [0.717, 1.165) is 12.8 Å². The van der Waals surface area contributed by atoms with Crippen molar-refractivity contribution in [1.29, 1.82) is 0 Å². The number of nitrogens with one attached hydrogen (secondary N) is 1. The summed E-state index contributed by atoms with van der Waals surface area (Å²) in [7, 11) is 3.04. The minimum absolute atomic E-state index is 0.0720. The lowest BCUT2D eigenvalue weighted by Gasteiger charge is -2.23. The number of carbonyl (C=O) groups is 2. The molecule has 1 atom stereocenters. The van der Waals surface area contributed by atoms with Crippen LogP contribution in [0.2, 0.25) is 0 Å². The molecule has 0 aromatic carbocycles. The van der Waals surface area contributed by atoms with Crippen molar-refractivity contribution in [3.8, 4) is 0 Å². The summed E-state index contributed by atoms with van der Waals surface area (Å²) in [5.41, 5.74) is 0. The predicted molar refractivity (Wildman–Crippen MR) is 57.1 cm³/mol. The maximum absolute atomic E-state index is 11.4. The number of aliphatic carboxylic acids is 1. The van der Waals surface area contributed by atoms with Gasteiger partial charge < -0.3 is 15.2 Å². The molecule has 0 spiro atoms. The molecule has 92 valence electrons. The summed E-state index contributed by atoms with van der Waals surface area (Å²) in [5.74, 6) is -1.11. The molecule has 0 heterocycles. The number of likely N-dealkylation sites (N-methyl/N-ethyl adjacent to an activating group) is 1. The number of methoxy groups -OCH3 is 1. The molecule has 1 aliphatic rings. The molecule has 16 heavy (non-hydrogen) atoms. The summed E-state index contributed by atoms with van der Waals surface area (Å²) in [6.07, 6.45) is 2.05. The van der Waals surface area contributed by atoms with Gasteiger partial charge in [0.05, 0.1) is 13.2 Å². The third-order valence-corrected chi connectivity index (χ3v) is 2.48. The van der Waals surface area contributed by atoms with Gasteiger partial charge in [-0.3, -0.25) is 14.5 Å². The summed E-state index contributed by atoms with van der Waals surface area (Å²) in [5, 5.41) is 11.7. The van der Waals surface area contributed by atoms with Crippen molar-refractivity contribution in [2.45, 2.75) is 24.9 Å². The molecular formula is C10H18N2O4. The average molecular weight is 230 g/mol. The van der Waals surface area contributed by atoms with E-state index in [2.05, 4.69) is 5.32 Å². The van der Waals surface area contributed by atoms with Crippen LogP contribution in [0, 0.1) is 0 Å². The quantitative estimate of drug-likeness (QED) is 0.604. The highest BCUT2D eigenvalue weighted by atomic mass is 16.5. The zero-order valence-electron chi connectivity index (χ0n) is 9.60. The number of carbonyl (C=O) groups excluding carboxylic acids is 1. The molecule has 1 saturated carbocycles. The van der Waals surface area contributed by atoms with E-state index in [0.29, 0.717) is 6.04 Å². The molecule has 6 nitrogen and oxygen atoms in total. The third kappa shape index (κ3) is 4.16. The molecule has 1 aliphatic carbocycles. The van der Waals surface area contributed by atoms with Crippen LogP contribution in [0.25, 0.3) is 0 Å². The van der Waals surface area contributed by atoms with Crippen LogP contribution in [0.5, 0.6) is 0 Å². The standard InChI is InChI=1S/C10H18N2O4/c1-12(8(6-16-2)10(14)15)5-9(13)11-7-3-4-7/h7-8H,3-6H2,1-2H3,(H,11,13)(H,14,15). The van der Waals surface area contributed by atoms with Crippen LogP contribution in [0.4, 0.5) is 0 Å². The molecule has 0 aliphatic heterocycles. The Bertz CT molecular complexity index is 266. The molecule has 1 amide bonds. The van der Waals surface area contributed by atoms with E-state index in [1.165, 1.54) is 12.0 Å². The molecule has 1 fully saturated rings. The summed E-state index contributed by atoms with van der Waals surface area (Å²) < 4.78 is 4.81. The Morgan fingerprint density at radius 3 is 2.62 bits per heavy atom. The molecule has 6 heteroatoms. The van der Waals surface area contributed by atoms with Crippen LogP contribution in [-0.4, -0.2) is 61.3 Å². The first-order valence-electron chi connectivity index (χ1n) is 5.26. The van der Waals surface area contributed by atoms with Crippen molar-refractivity contribution in [2.75, 3.05) is 27.3 Å². The van der Waals surface area contributed by atoms with Crippen LogP contribution in [0.1, 0.15) is 12.8 Å². The number of carboxylic acids is 1. The van der Waals surface area contributed by atoms with E-state index in [9.17, 15) is 9.59 Å².